The monoisotopic (exact) mass is 222 g/mol. The van der Waals surface area contributed by atoms with E-state index in [2.05, 4.69) is 0 Å². The minimum Gasteiger partial charge on any atom is -0.369 e. The standard InChI is InChI=1S/C11H11FN2O2/c12-8-2-1-3-9(5-8)14-6-7(11(13)16)4-10(14)15/h1-3,5,7H,4,6H2,(H2,13,16). The smallest absolute Gasteiger partial charge is 0.227 e. The summed E-state index contributed by atoms with van der Waals surface area (Å²) >= 11 is 0. The first-order valence-corrected chi connectivity index (χ1v) is 4.93. The number of hydrogen-bond donors (Lipinski definition) is 1. The highest BCUT2D eigenvalue weighted by molar-refractivity contribution is 5.99. The summed E-state index contributed by atoms with van der Waals surface area (Å²) in [6, 6.07) is 5.72. The van der Waals surface area contributed by atoms with Crippen molar-refractivity contribution in [1.82, 2.24) is 0 Å². The molecule has 4 nitrogen and oxygen atoms in total. The van der Waals surface area contributed by atoms with Gasteiger partial charge < -0.3 is 10.6 Å². The summed E-state index contributed by atoms with van der Waals surface area (Å²) in [6.45, 7) is 0.234. The lowest BCUT2D eigenvalue weighted by atomic mass is 10.1. The molecular weight excluding hydrogens is 211 g/mol. The van der Waals surface area contributed by atoms with E-state index in [-0.39, 0.29) is 18.9 Å². The molecule has 16 heavy (non-hydrogen) atoms. The quantitative estimate of drug-likeness (QED) is 0.799. The summed E-state index contributed by atoms with van der Waals surface area (Å²) in [5.74, 6) is -1.58. The number of carbonyl (C=O) groups is 2. The summed E-state index contributed by atoms with van der Waals surface area (Å²) in [6.07, 6.45) is 0.103. The molecule has 1 aliphatic heterocycles. The van der Waals surface area contributed by atoms with Crippen LogP contribution in [0.25, 0.3) is 0 Å². The molecule has 1 fully saturated rings. The van der Waals surface area contributed by atoms with Crippen molar-refractivity contribution in [2.75, 3.05) is 11.4 Å². The van der Waals surface area contributed by atoms with Crippen LogP contribution in [0.15, 0.2) is 24.3 Å². The first kappa shape index (κ1) is 10.6. The van der Waals surface area contributed by atoms with Crippen molar-refractivity contribution in [3.05, 3.63) is 30.1 Å². The highest BCUT2D eigenvalue weighted by Crippen LogP contribution is 2.25. The van der Waals surface area contributed by atoms with Crippen molar-refractivity contribution in [3.8, 4) is 0 Å². The van der Waals surface area contributed by atoms with Crippen LogP contribution in [0, 0.1) is 11.7 Å². The number of hydrogen-bond acceptors (Lipinski definition) is 2. The van der Waals surface area contributed by atoms with Crippen LogP contribution >= 0.6 is 0 Å². The maximum absolute atomic E-state index is 13.0. The van der Waals surface area contributed by atoms with Gasteiger partial charge in [0.1, 0.15) is 5.82 Å². The molecule has 1 aromatic rings. The van der Waals surface area contributed by atoms with Gasteiger partial charge in [0.25, 0.3) is 0 Å². The second-order valence-electron chi connectivity index (χ2n) is 3.79. The molecule has 2 amide bonds. The van der Waals surface area contributed by atoms with E-state index in [4.69, 9.17) is 5.73 Å². The third kappa shape index (κ3) is 1.88. The third-order valence-electron chi connectivity index (χ3n) is 2.65. The summed E-state index contributed by atoms with van der Waals surface area (Å²) < 4.78 is 13.0. The Labute approximate surface area is 91.8 Å². The van der Waals surface area contributed by atoms with E-state index in [1.54, 1.807) is 6.07 Å². The van der Waals surface area contributed by atoms with Gasteiger partial charge in [-0.25, -0.2) is 4.39 Å². The Balaban J connectivity index is 2.23. The molecule has 0 aromatic heterocycles. The lowest BCUT2D eigenvalue weighted by molar-refractivity contribution is -0.123. The summed E-state index contributed by atoms with van der Waals surface area (Å²) in [4.78, 5) is 23.9. The molecule has 1 heterocycles. The van der Waals surface area contributed by atoms with E-state index in [0.29, 0.717) is 5.69 Å². The lowest BCUT2D eigenvalue weighted by Gasteiger charge is -2.15. The van der Waals surface area contributed by atoms with Gasteiger partial charge in [-0.15, -0.1) is 0 Å². The van der Waals surface area contributed by atoms with Crippen molar-refractivity contribution in [3.63, 3.8) is 0 Å². The largest absolute Gasteiger partial charge is 0.369 e. The average molecular weight is 222 g/mol. The van der Waals surface area contributed by atoms with E-state index in [1.807, 2.05) is 0 Å². The average Bonchev–Trinajstić information content (AvgIpc) is 2.60. The van der Waals surface area contributed by atoms with Gasteiger partial charge in [0, 0.05) is 18.7 Å². The van der Waals surface area contributed by atoms with Gasteiger partial charge in [0.05, 0.1) is 5.92 Å². The van der Waals surface area contributed by atoms with Crippen molar-refractivity contribution < 1.29 is 14.0 Å². The molecule has 0 saturated carbocycles. The van der Waals surface area contributed by atoms with Gasteiger partial charge in [-0.3, -0.25) is 9.59 Å². The van der Waals surface area contributed by atoms with Crippen LogP contribution < -0.4 is 10.6 Å². The molecule has 1 aliphatic rings. The Bertz CT molecular complexity index is 447. The number of rotatable bonds is 2. The molecule has 1 aromatic carbocycles. The van der Waals surface area contributed by atoms with Crippen LogP contribution in [0.2, 0.25) is 0 Å². The molecule has 1 saturated heterocycles. The summed E-state index contributed by atoms with van der Waals surface area (Å²) in [5.41, 5.74) is 5.60. The van der Waals surface area contributed by atoms with Crippen molar-refractivity contribution in [2.45, 2.75) is 6.42 Å². The van der Waals surface area contributed by atoms with Gasteiger partial charge in [0.15, 0.2) is 0 Å². The lowest BCUT2D eigenvalue weighted by Crippen LogP contribution is -2.28. The van der Waals surface area contributed by atoms with Crippen LogP contribution in [0.3, 0.4) is 0 Å². The van der Waals surface area contributed by atoms with Crippen molar-refractivity contribution in [1.29, 1.82) is 0 Å². The molecule has 0 bridgehead atoms. The van der Waals surface area contributed by atoms with Crippen LogP contribution in [0.5, 0.6) is 0 Å². The van der Waals surface area contributed by atoms with Crippen LogP contribution in [-0.4, -0.2) is 18.4 Å². The molecule has 2 rings (SSSR count). The van der Waals surface area contributed by atoms with E-state index in [9.17, 15) is 14.0 Å². The fraction of sp³-hybridized carbons (Fsp3) is 0.273. The fourth-order valence-electron chi connectivity index (χ4n) is 1.79. The number of nitrogens with zero attached hydrogens (tertiary/aromatic N) is 1. The number of anilines is 1. The Morgan fingerprint density at radius 2 is 2.25 bits per heavy atom. The first-order chi connectivity index (χ1) is 7.58. The van der Waals surface area contributed by atoms with Gasteiger partial charge in [-0.05, 0) is 18.2 Å². The van der Waals surface area contributed by atoms with Gasteiger partial charge in [0.2, 0.25) is 11.8 Å². The highest BCUT2D eigenvalue weighted by Gasteiger charge is 2.33. The minimum absolute atomic E-state index is 0.103. The first-order valence-electron chi connectivity index (χ1n) is 4.93. The zero-order valence-electron chi connectivity index (χ0n) is 8.52. The summed E-state index contributed by atoms with van der Waals surface area (Å²) in [7, 11) is 0. The van der Waals surface area contributed by atoms with Crippen molar-refractivity contribution in [2.24, 2.45) is 11.7 Å². The maximum Gasteiger partial charge on any atom is 0.227 e. The SMILES string of the molecule is NC(=O)C1CC(=O)N(c2cccc(F)c2)C1. The van der Waals surface area contributed by atoms with E-state index < -0.39 is 17.6 Å². The Kier molecular flexibility index (Phi) is 2.60. The van der Waals surface area contributed by atoms with Gasteiger partial charge >= 0.3 is 0 Å². The number of carbonyl (C=O) groups excluding carboxylic acids is 2. The van der Waals surface area contributed by atoms with Gasteiger partial charge in [-0.1, -0.05) is 6.07 Å². The van der Waals surface area contributed by atoms with Crippen LogP contribution in [-0.2, 0) is 9.59 Å². The molecule has 2 N–H and O–H groups in total. The van der Waals surface area contributed by atoms with Crippen LogP contribution in [0.4, 0.5) is 10.1 Å². The number of benzene rings is 1. The number of amides is 2. The topological polar surface area (TPSA) is 63.4 Å². The number of primary amides is 1. The van der Waals surface area contributed by atoms with Gasteiger partial charge in [-0.2, -0.15) is 0 Å². The molecule has 0 spiro atoms. The highest BCUT2D eigenvalue weighted by atomic mass is 19.1. The van der Waals surface area contributed by atoms with E-state index in [1.165, 1.54) is 23.1 Å². The molecule has 1 unspecified atom stereocenters. The Morgan fingerprint density at radius 1 is 1.50 bits per heavy atom. The fourth-order valence-corrected chi connectivity index (χ4v) is 1.79. The normalized spacial score (nSPS) is 20.2. The summed E-state index contributed by atoms with van der Waals surface area (Å²) in [5, 5.41) is 0. The molecule has 1 atom stereocenters. The molecule has 5 heteroatoms. The zero-order chi connectivity index (χ0) is 11.7. The van der Waals surface area contributed by atoms with Crippen LogP contribution in [0.1, 0.15) is 6.42 Å². The predicted molar refractivity (Wildman–Crippen MR) is 56.1 cm³/mol. The third-order valence-corrected chi connectivity index (χ3v) is 2.65. The van der Waals surface area contributed by atoms with Crippen molar-refractivity contribution >= 4 is 17.5 Å². The second kappa shape index (κ2) is 3.92. The second-order valence-corrected chi connectivity index (χ2v) is 3.79. The maximum atomic E-state index is 13.0. The molecule has 0 radical (unpaired) electrons. The van der Waals surface area contributed by atoms with E-state index >= 15 is 0 Å². The number of halogens is 1. The Morgan fingerprint density at radius 3 is 2.81 bits per heavy atom. The van der Waals surface area contributed by atoms with E-state index in [0.717, 1.165) is 0 Å². The number of nitrogens with two attached hydrogens (primary N) is 1. The zero-order valence-corrected chi connectivity index (χ0v) is 8.52. The molecule has 84 valence electrons. The molecule has 0 aliphatic carbocycles. The minimum atomic E-state index is -0.493. The molecular formula is C11H11FN2O2. The predicted octanol–water partition coefficient (Wildman–Crippen LogP) is 0.664. The Hall–Kier alpha value is -1.91.